The van der Waals surface area contributed by atoms with Gasteiger partial charge in [0.05, 0.1) is 11.2 Å². The van der Waals surface area contributed by atoms with E-state index in [0.29, 0.717) is 5.69 Å². The highest BCUT2D eigenvalue weighted by Crippen LogP contribution is 2.17. The minimum Gasteiger partial charge on any atom is -0.340 e. The second-order valence-electron chi connectivity index (χ2n) is 3.84. The molecule has 100 valence electrons. The van der Waals surface area contributed by atoms with Gasteiger partial charge in [-0.1, -0.05) is 0 Å². The number of carbonyl (C=O) groups excluding carboxylic acids is 1. The number of anilines is 1. The van der Waals surface area contributed by atoms with Crippen molar-refractivity contribution >= 4 is 31.3 Å². The van der Waals surface area contributed by atoms with Gasteiger partial charge in [0.15, 0.2) is 0 Å². The zero-order chi connectivity index (χ0) is 14.0. The van der Waals surface area contributed by atoms with Gasteiger partial charge in [-0.2, -0.15) is 0 Å². The first-order valence-electron chi connectivity index (χ1n) is 5.20. The molecule has 0 atom stereocenters. The zero-order valence-electron chi connectivity index (χ0n) is 9.87. The molecule has 8 heteroatoms. The number of aryl methyl sites for hydroxylation is 1. The van der Waals surface area contributed by atoms with Crippen LogP contribution in [0.25, 0.3) is 0 Å². The Morgan fingerprint density at radius 2 is 1.95 bits per heavy atom. The second-order valence-corrected chi connectivity index (χ2v) is 6.41. The Labute approximate surface area is 114 Å². The van der Waals surface area contributed by atoms with E-state index in [1.165, 1.54) is 30.6 Å². The molecule has 0 fully saturated rings. The van der Waals surface area contributed by atoms with Crippen LogP contribution in [0.3, 0.4) is 0 Å². The van der Waals surface area contributed by atoms with Gasteiger partial charge < -0.3 is 9.88 Å². The number of imidazole rings is 1. The lowest BCUT2D eigenvalue weighted by atomic mass is 10.3. The van der Waals surface area contributed by atoms with Gasteiger partial charge in [0.25, 0.3) is 15.0 Å². The maximum Gasteiger partial charge on any atom is 0.275 e. The Bertz CT molecular complexity index is 707. The van der Waals surface area contributed by atoms with Gasteiger partial charge in [0.2, 0.25) is 0 Å². The number of nitrogens with one attached hydrogen (secondary N) is 1. The first-order chi connectivity index (χ1) is 8.86. The summed E-state index contributed by atoms with van der Waals surface area (Å²) in [6.07, 6.45) is 3.09. The maximum absolute atomic E-state index is 11.8. The average molecular weight is 300 g/mol. The summed E-state index contributed by atoms with van der Waals surface area (Å²) in [5.41, 5.74) is 0.733. The summed E-state index contributed by atoms with van der Waals surface area (Å²) in [4.78, 5) is 15.7. The molecule has 2 rings (SSSR count). The van der Waals surface area contributed by atoms with E-state index in [1.807, 2.05) is 0 Å². The lowest BCUT2D eigenvalue weighted by Gasteiger charge is -2.03. The molecule has 1 heterocycles. The number of aromatic nitrogens is 2. The molecule has 6 nitrogen and oxygen atoms in total. The van der Waals surface area contributed by atoms with E-state index in [2.05, 4.69) is 10.3 Å². The van der Waals surface area contributed by atoms with Crippen molar-refractivity contribution in [1.82, 2.24) is 9.55 Å². The average Bonchev–Trinajstić information content (AvgIpc) is 2.75. The standard InChI is InChI=1S/C11H10ClN3O3S/c1-15-6-10(13-7-15)11(16)14-8-2-4-9(5-3-8)19(12,17)18/h2-7H,1H3,(H,14,16). The molecule has 1 aromatic heterocycles. The Morgan fingerprint density at radius 3 is 2.42 bits per heavy atom. The van der Waals surface area contributed by atoms with Gasteiger partial charge in [-0.05, 0) is 24.3 Å². The number of hydrogen-bond donors (Lipinski definition) is 1. The summed E-state index contributed by atoms with van der Waals surface area (Å²) >= 11 is 0. The molecule has 0 aliphatic rings. The van der Waals surface area contributed by atoms with Crippen molar-refractivity contribution in [3.8, 4) is 0 Å². The van der Waals surface area contributed by atoms with E-state index >= 15 is 0 Å². The maximum atomic E-state index is 11.8. The van der Waals surface area contributed by atoms with Gasteiger partial charge in [-0.15, -0.1) is 0 Å². The third-order valence-corrected chi connectivity index (χ3v) is 3.70. The molecule has 0 saturated carbocycles. The number of nitrogens with zero attached hydrogens (tertiary/aromatic N) is 2. The monoisotopic (exact) mass is 299 g/mol. The van der Waals surface area contributed by atoms with Crippen molar-refractivity contribution in [2.45, 2.75) is 4.90 Å². The summed E-state index contributed by atoms with van der Waals surface area (Å²) in [6, 6.07) is 5.54. The van der Waals surface area contributed by atoms with Crippen molar-refractivity contribution in [2.24, 2.45) is 7.05 Å². The van der Waals surface area contributed by atoms with Crippen LogP contribution in [-0.2, 0) is 16.1 Å². The van der Waals surface area contributed by atoms with Gasteiger partial charge in [-0.25, -0.2) is 13.4 Å². The topological polar surface area (TPSA) is 81.1 Å². The van der Waals surface area contributed by atoms with Crippen molar-refractivity contribution in [2.75, 3.05) is 5.32 Å². The third-order valence-electron chi connectivity index (χ3n) is 2.33. The van der Waals surface area contributed by atoms with Gasteiger partial charge in [0, 0.05) is 29.6 Å². The summed E-state index contributed by atoms with van der Waals surface area (Å²) < 4.78 is 23.8. The highest BCUT2D eigenvalue weighted by Gasteiger charge is 2.11. The van der Waals surface area contributed by atoms with E-state index in [4.69, 9.17) is 10.7 Å². The number of carbonyl (C=O) groups is 1. The number of halogens is 1. The fourth-order valence-electron chi connectivity index (χ4n) is 1.43. The minimum absolute atomic E-state index is 0.0231. The van der Waals surface area contributed by atoms with E-state index < -0.39 is 9.05 Å². The molecule has 0 saturated heterocycles. The van der Waals surface area contributed by atoms with Crippen molar-refractivity contribution in [3.05, 3.63) is 42.5 Å². The second kappa shape index (κ2) is 5.02. The lowest BCUT2D eigenvalue weighted by molar-refractivity contribution is 0.102. The van der Waals surface area contributed by atoms with Crippen LogP contribution in [0.15, 0.2) is 41.7 Å². The van der Waals surface area contributed by atoms with Crippen molar-refractivity contribution in [3.63, 3.8) is 0 Å². The molecule has 0 aliphatic carbocycles. The first kappa shape index (κ1) is 13.6. The molecule has 1 aromatic carbocycles. The molecular weight excluding hydrogens is 290 g/mol. The molecule has 19 heavy (non-hydrogen) atoms. The SMILES string of the molecule is Cn1cnc(C(=O)Nc2ccc(S(=O)(=O)Cl)cc2)c1. The number of benzene rings is 1. The smallest absolute Gasteiger partial charge is 0.275 e. The highest BCUT2D eigenvalue weighted by atomic mass is 35.7. The zero-order valence-corrected chi connectivity index (χ0v) is 11.4. The fraction of sp³-hybridized carbons (Fsp3) is 0.0909. The molecule has 0 radical (unpaired) electrons. The Kier molecular flexibility index (Phi) is 3.59. The van der Waals surface area contributed by atoms with Gasteiger partial charge in [-0.3, -0.25) is 4.79 Å². The van der Waals surface area contributed by atoms with E-state index in [9.17, 15) is 13.2 Å². The van der Waals surface area contributed by atoms with Crippen LogP contribution in [-0.4, -0.2) is 23.9 Å². The lowest BCUT2D eigenvalue weighted by Crippen LogP contribution is -2.12. The quantitative estimate of drug-likeness (QED) is 0.873. The molecule has 0 bridgehead atoms. The highest BCUT2D eigenvalue weighted by molar-refractivity contribution is 8.13. The van der Waals surface area contributed by atoms with E-state index in [1.54, 1.807) is 17.8 Å². The summed E-state index contributed by atoms with van der Waals surface area (Å²) in [5.74, 6) is -0.373. The van der Waals surface area contributed by atoms with Gasteiger partial charge in [0.1, 0.15) is 5.69 Å². The molecule has 0 aliphatic heterocycles. The predicted octanol–water partition coefficient (Wildman–Crippen LogP) is 1.60. The Balaban J connectivity index is 2.14. The Hall–Kier alpha value is -1.86. The van der Waals surface area contributed by atoms with E-state index in [-0.39, 0.29) is 16.5 Å². The van der Waals surface area contributed by atoms with Crippen LogP contribution in [0.1, 0.15) is 10.5 Å². The summed E-state index contributed by atoms with van der Waals surface area (Å²) in [5, 5.41) is 2.60. The van der Waals surface area contributed by atoms with E-state index in [0.717, 1.165) is 0 Å². The number of hydrogen-bond acceptors (Lipinski definition) is 4. The Morgan fingerprint density at radius 1 is 1.32 bits per heavy atom. The first-order valence-corrected chi connectivity index (χ1v) is 7.51. The fourth-order valence-corrected chi connectivity index (χ4v) is 2.20. The molecule has 2 aromatic rings. The van der Waals surface area contributed by atoms with Crippen LogP contribution in [0, 0.1) is 0 Å². The molecule has 1 N–H and O–H groups in total. The molecule has 0 unspecified atom stereocenters. The minimum atomic E-state index is -3.75. The third kappa shape index (κ3) is 3.33. The van der Waals surface area contributed by atoms with Crippen LogP contribution in [0.4, 0.5) is 5.69 Å². The van der Waals surface area contributed by atoms with Crippen LogP contribution in [0.5, 0.6) is 0 Å². The number of rotatable bonds is 3. The number of amides is 1. The molecular formula is C11H10ClN3O3S. The largest absolute Gasteiger partial charge is 0.340 e. The van der Waals surface area contributed by atoms with Crippen LogP contribution >= 0.6 is 10.7 Å². The van der Waals surface area contributed by atoms with Crippen molar-refractivity contribution in [1.29, 1.82) is 0 Å². The normalized spacial score (nSPS) is 11.3. The molecule has 1 amide bonds. The molecule has 0 spiro atoms. The summed E-state index contributed by atoms with van der Waals surface area (Å²) in [7, 11) is 3.19. The van der Waals surface area contributed by atoms with Crippen molar-refractivity contribution < 1.29 is 13.2 Å². The van der Waals surface area contributed by atoms with Crippen LogP contribution < -0.4 is 5.32 Å². The predicted molar refractivity (Wildman–Crippen MR) is 70.6 cm³/mol. The van der Waals surface area contributed by atoms with Crippen LogP contribution in [0.2, 0.25) is 0 Å². The van der Waals surface area contributed by atoms with Gasteiger partial charge >= 0.3 is 0 Å². The summed E-state index contributed by atoms with van der Waals surface area (Å²) in [6.45, 7) is 0.